The molecule has 2 aromatic rings. The van der Waals surface area contributed by atoms with Gasteiger partial charge in [0.05, 0.1) is 17.7 Å². The molecule has 0 bridgehead atoms. The van der Waals surface area contributed by atoms with Crippen LogP contribution in [0.3, 0.4) is 0 Å². The summed E-state index contributed by atoms with van der Waals surface area (Å²) in [4.78, 5) is 11.4. The Hall–Kier alpha value is -2.00. The number of esters is 1. The molecule has 0 saturated carbocycles. The summed E-state index contributed by atoms with van der Waals surface area (Å²) in [5, 5.41) is 0. The number of hydrogen-bond donors (Lipinski definition) is 0. The largest absolute Gasteiger partial charge is 0.468 e. The van der Waals surface area contributed by atoms with Crippen molar-refractivity contribution in [2.75, 3.05) is 18.0 Å². The highest BCUT2D eigenvalue weighted by molar-refractivity contribution is 9.10. The predicted molar refractivity (Wildman–Crippen MR) is 87.0 cm³/mol. The Kier molecular flexibility index (Phi) is 5.55. The summed E-state index contributed by atoms with van der Waals surface area (Å²) < 4.78 is 58.4. The van der Waals surface area contributed by atoms with Crippen LogP contribution >= 0.6 is 15.9 Å². The number of halogens is 3. The molecule has 128 valence electrons. The number of rotatable bonds is 5. The summed E-state index contributed by atoms with van der Waals surface area (Å²) in [6.45, 7) is -0.753. The number of benzene rings is 2. The summed E-state index contributed by atoms with van der Waals surface area (Å²) in [5.74, 6) is -2.87. The van der Waals surface area contributed by atoms with Gasteiger partial charge in [-0.05, 0) is 36.4 Å². The Balaban J connectivity index is 2.57. The molecular formula is C15H12BrF2NO4S. The summed E-state index contributed by atoms with van der Waals surface area (Å²) >= 11 is 3.18. The number of carbonyl (C=O) groups excluding carboxylic acids is 1. The lowest BCUT2D eigenvalue weighted by molar-refractivity contribution is -0.138. The molecule has 0 radical (unpaired) electrons. The highest BCUT2D eigenvalue weighted by atomic mass is 79.9. The first kappa shape index (κ1) is 18.3. The normalized spacial score (nSPS) is 11.2. The third-order valence-electron chi connectivity index (χ3n) is 3.08. The van der Waals surface area contributed by atoms with E-state index in [4.69, 9.17) is 0 Å². The second kappa shape index (κ2) is 7.27. The molecule has 9 heteroatoms. The van der Waals surface area contributed by atoms with E-state index in [1.807, 2.05) is 0 Å². The zero-order valence-corrected chi connectivity index (χ0v) is 14.8. The maximum absolute atomic E-state index is 14.1. The van der Waals surface area contributed by atoms with E-state index in [-0.39, 0.29) is 4.90 Å². The molecule has 0 aliphatic rings. The number of hydrogen-bond acceptors (Lipinski definition) is 4. The topological polar surface area (TPSA) is 63.7 Å². The average Bonchev–Trinajstić information content (AvgIpc) is 2.53. The van der Waals surface area contributed by atoms with E-state index < -0.39 is 39.9 Å². The van der Waals surface area contributed by atoms with Gasteiger partial charge in [-0.1, -0.05) is 15.9 Å². The molecule has 0 heterocycles. The van der Waals surface area contributed by atoms with Crippen molar-refractivity contribution in [3.8, 4) is 0 Å². The summed E-state index contributed by atoms with van der Waals surface area (Å²) in [6, 6.07) is 7.96. The van der Waals surface area contributed by atoms with Crippen molar-refractivity contribution in [3.05, 3.63) is 58.6 Å². The predicted octanol–water partition coefficient (Wildman–Crippen LogP) is 3.10. The van der Waals surface area contributed by atoms with Crippen molar-refractivity contribution in [1.82, 2.24) is 0 Å². The lowest BCUT2D eigenvalue weighted by atomic mass is 10.3. The molecule has 0 fully saturated rings. The molecule has 2 aromatic carbocycles. The monoisotopic (exact) mass is 419 g/mol. The van der Waals surface area contributed by atoms with E-state index in [0.29, 0.717) is 14.8 Å². The molecule has 0 N–H and O–H groups in total. The molecular weight excluding hydrogens is 408 g/mol. The second-order valence-electron chi connectivity index (χ2n) is 4.64. The summed E-state index contributed by atoms with van der Waals surface area (Å²) in [5.41, 5.74) is -0.454. The molecule has 0 unspecified atom stereocenters. The fourth-order valence-corrected chi connectivity index (χ4v) is 3.58. The number of methoxy groups -OCH3 is 1. The Bertz CT molecular complexity index is 856. The second-order valence-corrected chi connectivity index (χ2v) is 7.42. The van der Waals surface area contributed by atoms with Crippen molar-refractivity contribution in [3.63, 3.8) is 0 Å². The van der Waals surface area contributed by atoms with Crippen molar-refractivity contribution in [2.24, 2.45) is 0 Å². The van der Waals surface area contributed by atoms with E-state index in [0.717, 1.165) is 19.2 Å². The van der Waals surface area contributed by atoms with Crippen LogP contribution in [0.25, 0.3) is 0 Å². The average molecular weight is 420 g/mol. The molecule has 0 aliphatic carbocycles. The molecule has 0 saturated heterocycles. The van der Waals surface area contributed by atoms with Crippen LogP contribution in [0.2, 0.25) is 0 Å². The van der Waals surface area contributed by atoms with Crippen molar-refractivity contribution in [1.29, 1.82) is 0 Å². The fourth-order valence-electron chi connectivity index (χ4n) is 1.90. The van der Waals surface area contributed by atoms with Crippen molar-refractivity contribution < 1.29 is 26.7 Å². The number of carbonyl (C=O) groups is 1. The molecule has 2 rings (SSSR count). The van der Waals surface area contributed by atoms with Gasteiger partial charge < -0.3 is 4.74 Å². The molecule has 0 spiro atoms. The lowest BCUT2D eigenvalue weighted by Gasteiger charge is -2.23. The maximum atomic E-state index is 14.1. The zero-order valence-electron chi connectivity index (χ0n) is 12.4. The molecule has 0 amide bonds. The third kappa shape index (κ3) is 3.90. The van der Waals surface area contributed by atoms with E-state index >= 15 is 0 Å². The van der Waals surface area contributed by atoms with Crippen LogP contribution in [-0.2, 0) is 19.6 Å². The Morgan fingerprint density at radius 2 is 1.79 bits per heavy atom. The highest BCUT2D eigenvalue weighted by Gasteiger charge is 2.29. The fraction of sp³-hybridized carbons (Fsp3) is 0.133. The van der Waals surface area contributed by atoms with Crippen molar-refractivity contribution >= 4 is 37.6 Å². The van der Waals surface area contributed by atoms with Gasteiger partial charge in [-0.3, -0.25) is 9.10 Å². The molecule has 5 nitrogen and oxygen atoms in total. The molecule has 24 heavy (non-hydrogen) atoms. The van der Waals surface area contributed by atoms with E-state index in [1.165, 1.54) is 24.3 Å². The SMILES string of the molecule is COC(=O)CN(c1ccc(F)cc1F)S(=O)(=O)c1ccc(Br)cc1. The first-order valence-corrected chi connectivity index (χ1v) is 8.79. The zero-order chi connectivity index (χ0) is 17.9. The van der Waals surface area contributed by atoms with E-state index in [9.17, 15) is 22.0 Å². The van der Waals surface area contributed by atoms with Gasteiger partial charge in [-0.15, -0.1) is 0 Å². The van der Waals surface area contributed by atoms with Gasteiger partial charge in [0.1, 0.15) is 18.2 Å². The van der Waals surface area contributed by atoms with Gasteiger partial charge >= 0.3 is 5.97 Å². The minimum atomic E-state index is -4.26. The van der Waals surface area contributed by atoms with Gasteiger partial charge in [-0.25, -0.2) is 17.2 Å². The van der Waals surface area contributed by atoms with Crippen LogP contribution in [0.5, 0.6) is 0 Å². The van der Waals surface area contributed by atoms with Crippen LogP contribution < -0.4 is 4.31 Å². The number of anilines is 1. The Morgan fingerprint density at radius 1 is 1.17 bits per heavy atom. The standard InChI is InChI=1S/C15H12BrF2NO4S/c1-23-15(20)9-19(14-7-4-11(17)8-13(14)18)24(21,22)12-5-2-10(16)3-6-12/h2-8H,9H2,1H3. The van der Waals surface area contributed by atoms with Gasteiger partial charge in [0, 0.05) is 10.5 Å². The quantitative estimate of drug-likeness (QED) is 0.698. The number of nitrogens with zero attached hydrogens (tertiary/aromatic N) is 1. The van der Waals surface area contributed by atoms with Gasteiger partial charge in [0.2, 0.25) is 0 Å². The summed E-state index contributed by atoms with van der Waals surface area (Å²) in [7, 11) is -3.19. The minimum absolute atomic E-state index is 0.154. The molecule has 0 atom stereocenters. The van der Waals surface area contributed by atoms with Gasteiger partial charge in [-0.2, -0.15) is 0 Å². The van der Waals surface area contributed by atoms with Crippen LogP contribution in [0, 0.1) is 11.6 Å². The first-order chi connectivity index (χ1) is 11.3. The van der Waals surface area contributed by atoms with Crippen LogP contribution in [0.1, 0.15) is 0 Å². The maximum Gasteiger partial charge on any atom is 0.326 e. The van der Waals surface area contributed by atoms with Crippen LogP contribution in [0.4, 0.5) is 14.5 Å². The first-order valence-electron chi connectivity index (χ1n) is 6.56. The lowest BCUT2D eigenvalue weighted by Crippen LogP contribution is -2.37. The van der Waals surface area contributed by atoms with Crippen molar-refractivity contribution in [2.45, 2.75) is 4.90 Å². The number of ether oxygens (including phenoxy) is 1. The smallest absolute Gasteiger partial charge is 0.326 e. The molecule has 0 aromatic heterocycles. The third-order valence-corrected chi connectivity index (χ3v) is 5.38. The van der Waals surface area contributed by atoms with Crippen LogP contribution in [0.15, 0.2) is 51.8 Å². The van der Waals surface area contributed by atoms with E-state index in [2.05, 4.69) is 20.7 Å². The minimum Gasteiger partial charge on any atom is -0.468 e. The Labute approximate surface area is 146 Å². The highest BCUT2D eigenvalue weighted by Crippen LogP contribution is 2.27. The summed E-state index contributed by atoms with van der Waals surface area (Å²) in [6.07, 6.45) is 0. The molecule has 0 aliphatic heterocycles. The van der Waals surface area contributed by atoms with Gasteiger partial charge in [0.15, 0.2) is 0 Å². The number of sulfonamides is 1. The van der Waals surface area contributed by atoms with Gasteiger partial charge in [0.25, 0.3) is 10.0 Å². The van der Waals surface area contributed by atoms with Crippen LogP contribution in [-0.4, -0.2) is 28.0 Å². The Morgan fingerprint density at radius 3 is 2.33 bits per heavy atom. The van der Waals surface area contributed by atoms with E-state index in [1.54, 1.807) is 0 Å².